The lowest BCUT2D eigenvalue weighted by molar-refractivity contribution is 0.593. The van der Waals surface area contributed by atoms with Crippen molar-refractivity contribution in [1.82, 2.24) is 88.6 Å². The zero-order valence-electron chi connectivity index (χ0n) is 49.2. The van der Waals surface area contributed by atoms with E-state index in [1.165, 1.54) is 41.5 Å². The third-order valence-electron chi connectivity index (χ3n) is 13.2. The number of hydrogen-bond acceptors (Lipinski definition) is 23. The van der Waals surface area contributed by atoms with E-state index in [4.69, 9.17) is 10.7 Å². The van der Waals surface area contributed by atoms with Crippen LogP contribution in [0.2, 0.25) is 0 Å². The molecule has 26 nitrogen and oxygen atoms in total. The number of fused-ring (bicyclic) bond motifs is 3. The van der Waals surface area contributed by atoms with Crippen LogP contribution in [0.4, 0.5) is 41.2 Å². The molecule has 0 aliphatic carbocycles. The molecular formula is C63H57N23O3S2. The van der Waals surface area contributed by atoms with Gasteiger partial charge < -0.3 is 27.0 Å². The fourth-order valence-corrected chi connectivity index (χ4v) is 9.70. The van der Waals surface area contributed by atoms with Crippen LogP contribution in [-0.4, -0.2) is 114 Å². The molecule has 0 spiro atoms. The number of benzene rings is 5. The van der Waals surface area contributed by atoms with E-state index in [0.29, 0.717) is 58.1 Å². The standard InChI is InChI=1S/C23H20N8.C16H13N7O2S.C16H13N7OS.C8H11N/c1-16(17-8-4-2-5-9-17)27-22-24-13-12-20(29-22)30-23-28-19(18-10-6-3-7-11-18)14-21-25-15-26-31(21)23;1-26(24,25)16-17-8-7-13(22-16)21-15-20-12(11-5-3-2-4-6-11)9-14-18-10-19-23(14)15;1-25(24)16-17-8-7-13(22-16)21-15-20-12(11-5-3-2-4-6-11)9-14-18-10-19-23(14)15;1-7(9)8-5-3-2-4-6-8/h2-16H,1H3,(H2,24,27,28,29,30);2-10H,1H3,(H,17,20,21,22);2-10H,1H3,(H,17,20,21,22);2-7H,9H2,1H3/t16-;;;7-/m1..1/s1. The van der Waals surface area contributed by atoms with Crippen molar-refractivity contribution in [1.29, 1.82) is 0 Å². The van der Waals surface area contributed by atoms with E-state index in [-0.39, 0.29) is 28.2 Å². The van der Waals surface area contributed by atoms with Gasteiger partial charge in [-0.05, 0) is 43.2 Å². The summed E-state index contributed by atoms with van der Waals surface area (Å²) in [7, 11) is -4.79. The number of aromatic nitrogens is 18. The summed E-state index contributed by atoms with van der Waals surface area (Å²) in [6.07, 6.45) is 11.6. The number of sulfone groups is 1. The van der Waals surface area contributed by atoms with Crippen molar-refractivity contribution >= 4 is 78.8 Å². The van der Waals surface area contributed by atoms with Crippen LogP contribution in [-0.2, 0) is 20.6 Å². The summed E-state index contributed by atoms with van der Waals surface area (Å²) in [5.74, 6) is 3.24. The van der Waals surface area contributed by atoms with Gasteiger partial charge in [-0.15, -0.1) is 0 Å². The van der Waals surface area contributed by atoms with Gasteiger partial charge in [0.1, 0.15) is 36.4 Å². The van der Waals surface area contributed by atoms with Crippen molar-refractivity contribution in [3.8, 4) is 33.8 Å². The molecule has 9 aromatic heterocycles. The maximum atomic E-state index is 11.7. The molecule has 0 amide bonds. The van der Waals surface area contributed by atoms with Crippen molar-refractivity contribution in [2.45, 2.75) is 36.2 Å². The second-order valence-corrected chi connectivity index (χ2v) is 23.1. The zero-order valence-corrected chi connectivity index (χ0v) is 50.8. The quantitative estimate of drug-likeness (QED) is 0.0596. The highest BCUT2D eigenvalue weighted by molar-refractivity contribution is 7.90. The van der Waals surface area contributed by atoms with Crippen molar-refractivity contribution in [3.05, 3.63) is 237 Å². The van der Waals surface area contributed by atoms with Gasteiger partial charge in [0.05, 0.1) is 33.9 Å². The minimum atomic E-state index is -3.52. The Bertz CT molecular complexity index is 4860. The third-order valence-corrected chi connectivity index (χ3v) is 14.8. The number of rotatable bonds is 15. The topological polar surface area (TPSA) is 332 Å². The van der Waals surface area contributed by atoms with Gasteiger partial charge in [-0.25, -0.2) is 63.2 Å². The van der Waals surface area contributed by atoms with Gasteiger partial charge in [0, 0.05) is 72.0 Å². The molecule has 0 aliphatic heterocycles. The van der Waals surface area contributed by atoms with Crippen LogP contribution < -0.4 is 27.0 Å². The number of nitrogens with one attached hydrogen (secondary N) is 4. The largest absolute Gasteiger partial charge is 0.348 e. The molecule has 0 aliphatic rings. The minimum Gasteiger partial charge on any atom is -0.348 e. The lowest BCUT2D eigenvalue weighted by atomic mass is 10.1. The minimum absolute atomic E-state index is 0.0676. The molecule has 14 aromatic rings. The Labute approximate surface area is 523 Å². The first-order chi connectivity index (χ1) is 44.3. The Kier molecular flexibility index (Phi) is 19.0. The van der Waals surface area contributed by atoms with Crippen molar-refractivity contribution < 1.29 is 12.6 Å². The summed E-state index contributed by atoms with van der Waals surface area (Å²) >= 11 is 0. The van der Waals surface area contributed by atoms with Gasteiger partial charge in [-0.3, -0.25) is 4.21 Å². The fraction of sp³-hybridized carbons (Fsp3) is 0.0952. The normalized spacial score (nSPS) is 12.0. The van der Waals surface area contributed by atoms with E-state index < -0.39 is 20.6 Å². The first-order valence-corrected chi connectivity index (χ1v) is 31.5. The van der Waals surface area contributed by atoms with Gasteiger partial charge in [0.25, 0.3) is 0 Å². The summed E-state index contributed by atoms with van der Waals surface area (Å²) < 4.78 is 39.6. The molecular weight excluding hydrogens is 1190 g/mol. The number of anilines is 7. The van der Waals surface area contributed by atoms with Crippen LogP contribution in [0.1, 0.15) is 37.1 Å². The summed E-state index contributed by atoms with van der Waals surface area (Å²) in [6, 6.07) is 60.4. The maximum absolute atomic E-state index is 11.7. The molecule has 0 fully saturated rings. The molecule has 6 N–H and O–H groups in total. The Morgan fingerprint density at radius 3 is 1.22 bits per heavy atom. The maximum Gasteiger partial charge on any atom is 0.248 e. The first kappa shape index (κ1) is 60.9. The third kappa shape index (κ3) is 15.7. The molecule has 454 valence electrons. The average Bonchev–Trinajstić information content (AvgIpc) is 1.97. The Hall–Kier alpha value is -11.8. The highest BCUT2D eigenvalue weighted by Crippen LogP contribution is 2.26. The molecule has 28 heteroatoms. The summed E-state index contributed by atoms with van der Waals surface area (Å²) in [4.78, 5) is 51.7. The molecule has 9 heterocycles. The molecule has 14 rings (SSSR count). The Balaban J connectivity index is 0.000000132. The summed E-state index contributed by atoms with van der Waals surface area (Å²) in [6.45, 7) is 4.05. The van der Waals surface area contributed by atoms with Crippen molar-refractivity contribution in [2.75, 3.05) is 33.8 Å². The van der Waals surface area contributed by atoms with Crippen LogP contribution in [0.25, 0.3) is 50.7 Å². The van der Waals surface area contributed by atoms with E-state index in [9.17, 15) is 12.6 Å². The molecule has 0 saturated heterocycles. The van der Waals surface area contributed by atoms with E-state index in [1.54, 1.807) is 39.6 Å². The van der Waals surface area contributed by atoms with Crippen molar-refractivity contribution in [2.24, 2.45) is 5.73 Å². The van der Waals surface area contributed by atoms with Crippen LogP contribution in [0, 0.1) is 0 Å². The lowest BCUT2D eigenvalue weighted by Crippen LogP contribution is -2.11. The molecule has 0 bridgehead atoms. The molecule has 1 unspecified atom stereocenters. The smallest absolute Gasteiger partial charge is 0.248 e. The van der Waals surface area contributed by atoms with E-state index in [0.717, 1.165) is 39.9 Å². The molecule has 91 heavy (non-hydrogen) atoms. The van der Waals surface area contributed by atoms with Crippen LogP contribution in [0.3, 0.4) is 0 Å². The molecule has 0 saturated carbocycles. The van der Waals surface area contributed by atoms with Gasteiger partial charge >= 0.3 is 0 Å². The van der Waals surface area contributed by atoms with E-state index >= 15 is 0 Å². The van der Waals surface area contributed by atoms with Crippen LogP contribution in [0.15, 0.2) is 236 Å². The number of hydrogen-bond donors (Lipinski definition) is 5. The monoisotopic (exact) mass is 1250 g/mol. The Morgan fingerprint density at radius 1 is 0.451 bits per heavy atom. The van der Waals surface area contributed by atoms with Gasteiger partial charge in [0.2, 0.25) is 43.9 Å². The fourth-order valence-electron chi connectivity index (χ4n) is 8.75. The summed E-state index contributed by atoms with van der Waals surface area (Å²) in [5, 5.41) is 25.3. The zero-order chi connectivity index (χ0) is 63.1. The van der Waals surface area contributed by atoms with Gasteiger partial charge in [0.15, 0.2) is 16.9 Å². The van der Waals surface area contributed by atoms with Crippen LogP contribution >= 0.6 is 0 Å². The van der Waals surface area contributed by atoms with Gasteiger partial charge in [-0.1, -0.05) is 152 Å². The van der Waals surface area contributed by atoms with Gasteiger partial charge in [-0.2, -0.15) is 33.8 Å². The lowest BCUT2D eigenvalue weighted by Gasteiger charge is -2.15. The second kappa shape index (κ2) is 28.4. The number of nitrogens with zero attached hydrogens (tertiary/aromatic N) is 18. The highest BCUT2D eigenvalue weighted by Gasteiger charge is 2.17. The van der Waals surface area contributed by atoms with E-state index in [1.807, 2.05) is 165 Å². The Morgan fingerprint density at radius 2 is 0.824 bits per heavy atom. The van der Waals surface area contributed by atoms with E-state index in [2.05, 4.69) is 110 Å². The SMILES string of the molecule is CS(=O)(=O)c1nccc(Nc2nc(-c3ccccc3)cc3ncnn23)n1.CS(=O)c1nccc(Nc2nc(-c3ccccc3)cc3ncnn23)n1.C[C@@H](N)c1ccccc1.C[C@@H](Nc1nccc(Nc2nc(-c3ccccc3)cc3ncnn23)n1)c1ccccc1. The predicted molar refractivity (Wildman–Crippen MR) is 348 cm³/mol. The predicted octanol–water partition coefficient (Wildman–Crippen LogP) is 9.99. The van der Waals surface area contributed by atoms with Crippen LogP contribution in [0.5, 0.6) is 0 Å². The molecule has 5 aromatic carbocycles. The highest BCUT2D eigenvalue weighted by atomic mass is 32.2. The summed E-state index contributed by atoms with van der Waals surface area (Å²) in [5.41, 5.74) is 15.1. The number of nitrogens with two attached hydrogens (primary N) is 1. The molecule has 3 atom stereocenters. The first-order valence-electron chi connectivity index (χ1n) is 28.0. The average molecular weight is 1250 g/mol. The second-order valence-electron chi connectivity index (χ2n) is 19.9. The molecule has 0 radical (unpaired) electrons. The van der Waals surface area contributed by atoms with Crippen molar-refractivity contribution in [3.63, 3.8) is 0 Å².